The fraction of sp³-hybridized carbons (Fsp3) is 0.733. The number of morpholine rings is 1. The molecule has 1 aromatic rings. The number of ether oxygens (including phenoxy) is 1. The molecule has 1 unspecified atom stereocenters. The van der Waals surface area contributed by atoms with Crippen LogP contribution < -0.4 is 5.32 Å². The van der Waals surface area contributed by atoms with Crippen LogP contribution in [0.15, 0.2) is 18.5 Å². The van der Waals surface area contributed by atoms with Gasteiger partial charge in [0.1, 0.15) is 0 Å². The van der Waals surface area contributed by atoms with Gasteiger partial charge in [0.2, 0.25) is 0 Å². The third-order valence-corrected chi connectivity index (χ3v) is 3.66. The molecule has 1 aliphatic rings. The van der Waals surface area contributed by atoms with Crippen LogP contribution in [0, 0.1) is 0 Å². The second-order valence-electron chi connectivity index (χ2n) is 5.27. The van der Waals surface area contributed by atoms with Gasteiger partial charge in [-0.2, -0.15) is 0 Å². The Kier molecular flexibility index (Phi) is 5.89. The van der Waals surface area contributed by atoms with Crippen molar-refractivity contribution in [2.45, 2.75) is 39.5 Å². The molecule has 0 amide bonds. The molecule has 1 atom stereocenters. The third kappa shape index (κ3) is 4.64. The zero-order valence-corrected chi connectivity index (χ0v) is 12.3. The average molecular weight is 265 g/mol. The lowest BCUT2D eigenvalue weighted by Gasteiger charge is -2.32. The van der Waals surface area contributed by atoms with Gasteiger partial charge in [0.25, 0.3) is 0 Å². The molecule has 1 fully saturated rings. The molecule has 2 heterocycles. The molecular formula is C15H27N3O. The summed E-state index contributed by atoms with van der Waals surface area (Å²) < 4.78 is 8.04. The highest BCUT2D eigenvalue weighted by Gasteiger charge is 2.18. The zero-order valence-electron chi connectivity index (χ0n) is 12.3. The molecule has 0 aromatic carbocycles. The molecule has 4 nitrogen and oxygen atoms in total. The van der Waals surface area contributed by atoms with Crippen LogP contribution in [0.25, 0.3) is 0 Å². The molecule has 1 saturated heterocycles. The van der Waals surface area contributed by atoms with Crippen LogP contribution in [0.1, 0.15) is 25.8 Å². The molecule has 4 heteroatoms. The number of likely N-dealkylation sites (N-methyl/N-ethyl adjacent to an activating group) is 1. The van der Waals surface area contributed by atoms with Gasteiger partial charge in [-0.1, -0.05) is 13.8 Å². The van der Waals surface area contributed by atoms with Gasteiger partial charge in [-0.3, -0.25) is 4.90 Å². The van der Waals surface area contributed by atoms with Crippen LogP contribution in [0.5, 0.6) is 0 Å². The van der Waals surface area contributed by atoms with Gasteiger partial charge in [0.15, 0.2) is 0 Å². The molecule has 2 rings (SSSR count). The number of aromatic nitrogens is 1. The maximum absolute atomic E-state index is 5.78. The maximum atomic E-state index is 5.78. The van der Waals surface area contributed by atoms with Gasteiger partial charge in [0.05, 0.1) is 12.7 Å². The van der Waals surface area contributed by atoms with Gasteiger partial charge in [-0.15, -0.1) is 0 Å². The second-order valence-corrected chi connectivity index (χ2v) is 5.27. The van der Waals surface area contributed by atoms with E-state index in [-0.39, 0.29) is 0 Å². The number of hydrogen-bond donors (Lipinski definition) is 1. The van der Waals surface area contributed by atoms with Crippen LogP contribution in [-0.4, -0.2) is 48.4 Å². The molecule has 1 aromatic heterocycles. The minimum Gasteiger partial charge on any atom is -0.374 e. The minimum absolute atomic E-state index is 0.339. The fourth-order valence-electron chi connectivity index (χ4n) is 2.56. The molecule has 108 valence electrons. The van der Waals surface area contributed by atoms with Crippen molar-refractivity contribution in [3.8, 4) is 0 Å². The van der Waals surface area contributed by atoms with E-state index in [2.05, 4.69) is 47.1 Å². The van der Waals surface area contributed by atoms with E-state index >= 15 is 0 Å². The van der Waals surface area contributed by atoms with Gasteiger partial charge in [-0.05, 0) is 24.6 Å². The maximum Gasteiger partial charge on any atom is 0.0826 e. The summed E-state index contributed by atoms with van der Waals surface area (Å²) in [7, 11) is 0. The summed E-state index contributed by atoms with van der Waals surface area (Å²) in [5.41, 5.74) is 1.36. The van der Waals surface area contributed by atoms with Crippen molar-refractivity contribution in [2.75, 3.05) is 32.8 Å². The highest BCUT2D eigenvalue weighted by Crippen LogP contribution is 2.05. The molecule has 0 bridgehead atoms. The van der Waals surface area contributed by atoms with E-state index in [0.717, 1.165) is 45.9 Å². The summed E-state index contributed by atoms with van der Waals surface area (Å²) in [6.07, 6.45) is 5.92. The first-order valence-electron chi connectivity index (χ1n) is 7.51. The van der Waals surface area contributed by atoms with E-state index in [1.54, 1.807) is 0 Å². The Morgan fingerprint density at radius 1 is 1.42 bits per heavy atom. The SMILES string of the molecule is CCCn1ccc(CNCC2CN(CC)CCO2)c1. The largest absolute Gasteiger partial charge is 0.374 e. The molecule has 1 aliphatic heterocycles. The van der Waals surface area contributed by atoms with Crippen molar-refractivity contribution in [2.24, 2.45) is 0 Å². The Balaban J connectivity index is 1.67. The molecule has 0 spiro atoms. The standard InChI is InChI=1S/C15H27N3O/c1-3-6-18-7-5-14(12-18)10-16-11-15-13-17(4-2)8-9-19-15/h5,7,12,15-16H,3-4,6,8-11,13H2,1-2H3. The highest BCUT2D eigenvalue weighted by molar-refractivity contribution is 5.09. The molecule has 19 heavy (non-hydrogen) atoms. The van der Waals surface area contributed by atoms with E-state index in [0.29, 0.717) is 6.10 Å². The van der Waals surface area contributed by atoms with Crippen molar-refractivity contribution in [1.29, 1.82) is 0 Å². The van der Waals surface area contributed by atoms with E-state index in [9.17, 15) is 0 Å². The van der Waals surface area contributed by atoms with E-state index in [1.807, 2.05) is 0 Å². The summed E-state index contributed by atoms with van der Waals surface area (Å²) in [5, 5.41) is 3.51. The topological polar surface area (TPSA) is 29.4 Å². The quantitative estimate of drug-likeness (QED) is 0.814. The Bertz CT molecular complexity index is 364. The number of aryl methyl sites for hydroxylation is 1. The number of hydrogen-bond acceptors (Lipinski definition) is 3. The molecule has 0 aliphatic carbocycles. The van der Waals surface area contributed by atoms with E-state index in [4.69, 9.17) is 4.74 Å². The summed E-state index contributed by atoms with van der Waals surface area (Å²) >= 11 is 0. The summed E-state index contributed by atoms with van der Waals surface area (Å²) in [6, 6.07) is 2.20. The number of rotatable bonds is 7. The van der Waals surface area contributed by atoms with Gasteiger partial charge < -0.3 is 14.6 Å². The smallest absolute Gasteiger partial charge is 0.0826 e. The monoisotopic (exact) mass is 265 g/mol. The van der Waals surface area contributed by atoms with Crippen molar-refractivity contribution < 1.29 is 4.74 Å². The van der Waals surface area contributed by atoms with Crippen LogP contribution in [0.4, 0.5) is 0 Å². The summed E-state index contributed by atoms with van der Waals surface area (Å²) in [4.78, 5) is 2.45. The first-order valence-corrected chi connectivity index (χ1v) is 7.51. The first kappa shape index (κ1) is 14.6. The van der Waals surface area contributed by atoms with Gasteiger partial charge >= 0.3 is 0 Å². The second kappa shape index (κ2) is 7.68. The van der Waals surface area contributed by atoms with Gasteiger partial charge in [-0.25, -0.2) is 0 Å². The van der Waals surface area contributed by atoms with Crippen LogP contribution in [0.2, 0.25) is 0 Å². The molecular weight excluding hydrogens is 238 g/mol. The first-order chi connectivity index (χ1) is 9.31. The lowest BCUT2D eigenvalue weighted by molar-refractivity contribution is -0.0253. The number of nitrogens with one attached hydrogen (secondary N) is 1. The van der Waals surface area contributed by atoms with E-state index in [1.165, 1.54) is 12.0 Å². The van der Waals surface area contributed by atoms with E-state index < -0.39 is 0 Å². The van der Waals surface area contributed by atoms with Crippen molar-refractivity contribution in [1.82, 2.24) is 14.8 Å². The normalized spacial score (nSPS) is 20.8. The Labute approximate surface area is 116 Å². The highest BCUT2D eigenvalue weighted by atomic mass is 16.5. The van der Waals surface area contributed by atoms with Crippen molar-refractivity contribution >= 4 is 0 Å². The lowest BCUT2D eigenvalue weighted by Crippen LogP contribution is -2.46. The fourth-order valence-corrected chi connectivity index (χ4v) is 2.56. The number of nitrogens with zero attached hydrogens (tertiary/aromatic N) is 2. The Morgan fingerprint density at radius 2 is 2.32 bits per heavy atom. The lowest BCUT2D eigenvalue weighted by atomic mass is 10.2. The Hall–Kier alpha value is -0.840. The molecule has 1 N–H and O–H groups in total. The average Bonchev–Trinajstić information content (AvgIpc) is 2.87. The van der Waals surface area contributed by atoms with Gasteiger partial charge in [0, 0.05) is 45.1 Å². The Morgan fingerprint density at radius 3 is 3.11 bits per heavy atom. The molecule has 0 radical (unpaired) electrons. The van der Waals surface area contributed by atoms with Crippen molar-refractivity contribution in [3.05, 3.63) is 24.0 Å². The minimum atomic E-state index is 0.339. The van der Waals surface area contributed by atoms with Crippen LogP contribution in [-0.2, 0) is 17.8 Å². The van der Waals surface area contributed by atoms with Crippen LogP contribution in [0.3, 0.4) is 0 Å². The predicted molar refractivity (Wildman–Crippen MR) is 78.3 cm³/mol. The van der Waals surface area contributed by atoms with Crippen molar-refractivity contribution in [3.63, 3.8) is 0 Å². The van der Waals surface area contributed by atoms with Crippen LogP contribution >= 0.6 is 0 Å². The zero-order chi connectivity index (χ0) is 13.5. The summed E-state index contributed by atoms with van der Waals surface area (Å²) in [5.74, 6) is 0. The summed E-state index contributed by atoms with van der Waals surface area (Å²) in [6.45, 7) is 11.5. The third-order valence-electron chi connectivity index (χ3n) is 3.66. The predicted octanol–water partition coefficient (Wildman–Crippen LogP) is 1.71. The molecule has 0 saturated carbocycles.